The highest BCUT2D eigenvalue weighted by Crippen LogP contribution is 2.23. The zero-order chi connectivity index (χ0) is 18.8. The van der Waals surface area contributed by atoms with Crippen LogP contribution in [0.2, 0.25) is 0 Å². The first-order valence-electron chi connectivity index (χ1n) is 9.46. The van der Waals surface area contributed by atoms with E-state index in [1.165, 1.54) is 29.7 Å². The van der Waals surface area contributed by atoms with Crippen LogP contribution in [0.1, 0.15) is 37.7 Å². The molecule has 152 valence electrons. The maximum atomic E-state index is 12.2. The van der Waals surface area contributed by atoms with Crippen LogP contribution < -0.4 is 10.6 Å². The average Bonchev–Trinajstić information content (AvgIpc) is 2.69. The Hall–Kier alpha value is -0.960. The van der Waals surface area contributed by atoms with Gasteiger partial charge in [-0.25, -0.2) is 0 Å². The number of thioether (sulfide) groups is 1. The predicted molar refractivity (Wildman–Crippen MR) is 126 cm³/mol. The van der Waals surface area contributed by atoms with E-state index in [2.05, 4.69) is 51.0 Å². The van der Waals surface area contributed by atoms with Gasteiger partial charge in [0.1, 0.15) is 0 Å². The van der Waals surface area contributed by atoms with Crippen LogP contribution in [0.4, 0.5) is 0 Å². The number of guanidine groups is 1. The molecule has 1 saturated carbocycles. The molecule has 0 unspecified atom stereocenters. The fourth-order valence-corrected chi connectivity index (χ4v) is 3.74. The third kappa shape index (κ3) is 8.29. The van der Waals surface area contributed by atoms with Gasteiger partial charge in [0.2, 0.25) is 5.91 Å². The van der Waals surface area contributed by atoms with Crippen molar-refractivity contribution in [2.75, 3.05) is 33.4 Å². The Labute approximate surface area is 185 Å². The smallest absolute Gasteiger partial charge is 0.223 e. The predicted octanol–water partition coefficient (Wildman–Crippen LogP) is 3.73. The summed E-state index contributed by atoms with van der Waals surface area (Å²) in [6.07, 6.45) is 7.81. The summed E-state index contributed by atoms with van der Waals surface area (Å²) >= 11 is 1.75. The van der Waals surface area contributed by atoms with Gasteiger partial charge in [-0.1, -0.05) is 31.4 Å². The second-order valence-corrected chi connectivity index (χ2v) is 7.68. The van der Waals surface area contributed by atoms with Crippen molar-refractivity contribution in [3.63, 3.8) is 0 Å². The molecular weight excluding hydrogens is 471 g/mol. The lowest BCUT2D eigenvalue weighted by molar-refractivity contribution is -0.125. The Morgan fingerprint density at radius 2 is 1.78 bits per heavy atom. The first-order valence-corrected chi connectivity index (χ1v) is 10.7. The van der Waals surface area contributed by atoms with Gasteiger partial charge in [-0.15, -0.1) is 35.7 Å². The van der Waals surface area contributed by atoms with Gasteiger partial charge in [-0.2, -0.15) is 0 Å². The van der Waals surface area contributed by atoms with E-state index in [1.54, 1.807) is 18.8 Å². The number of carbonyl (C=O) groups is 1. The van der Waals surface area contributed by atoms with Crippen LogP contribution in [0.5, 0.6) is 0 Å². The second-order valence-electron chi connectivity index (χ2n) is 6.80. The number of nitrogens with one attached hydrogen (secondary N) is 2. The minimum absolute atomic E-state index is 0. The van der Waals surface area contributed by atoms with Crippen LogP contribution in [0, 0.1) is 5.92 Å². The highest BCUT2D eigenvalue weighted by Gasteiger charge is 2.20. The number of amides is 1. The van der Waals surface area contributed by atoms with Crippen LogP contribution >= 0.6 is 35.7 Å². The van der Waals surface area contributed by atoms with Crippen LogP contribution in [0.3, 0.4) is 0 Å². The first kappa shape index (κ1) is 24.1. The van der Waals surface area contributed by atoms with E-state index in [4.69, 9.17) is 0 Å². The molecule has 7 heteroatoms. The third-order valence-corrected chi connectivity index (χ3v) is 5.58. The third-order valence-electron chi connectivity index (χ3n) is 4.84. The molecular formula is C20H33IN4OS. The molecule has 1 aromatic carbocycles. The number of hydrogen-bond acceptors (Lipinski definition) is 3. The zero-order valence-corrected chi connectivity index (χ0v) is 19.8. The number of rotatable bonds is 7. The van der Waals surface area contributed by atoms with Crippen LogP contribution in [-0.4, -0.2) is 50.2 Å². The van der Waals surface area contributed by atoms with Crippen LogP contribution in [0.15, 0.2) is 34.2 Å². The Bertz CT molecular complexity index is 588. The largest absolute Gasteiger partial charge is 0.354 e. The molecule has 0 bridgehead atoms. The van der Waals surface area contributed by atoms with E-state index in [9.17, 15) is 4.79 Å². The summed E-state index contributed by atoms with van der Waals surface area (Å²) in [7, 11) is 3.81. The highest BCUT2D eigenvalue weighted by atomic mass is 127. The van der Waals surface area contributed by atoms with Crippen molar-refractivity contribution >= 4 is 47.6 Å². The quantitative estimate of drug-likeness (QED) is 0.195. The summed E-state index contributed by atoms with van der Waals surface area (Å²) in [4.78, 5) is 19.9. The number of aliphatic imine (C=N–C) groups is 1. The summed E-state index contributed by atoms with van der Waals surface area (Å²) in [6.45, 7) is 2.11. The second kappa shape index (κ2) is 13.3. The number of halogens is 1. The molecule has 0 radical (unpaired) electrons. The molecule has 1 aliphatic carbocycles. The molecule has 0 spiro atoms. The topological polar surface area (TPSA) is 56.7 Å². The Morgan fingerprint density at radius 3 is 2.37 bits per heavy atom. The van der Waals surface area contributed by atoms with Gasteiger partial charge in [0, 0.05) is 44.5 Å². The van der Waals surface area contributed by atoms with Gasteiger partial charge in [-0.05, 0) is 36.8 Å². The minimum atomic E-state index is 0. The lowest BCUT2D eigenvalue weighted by Gasteiger charge is -2.23. The molecule has 2 N–H and O–H groups in total. The van der Waals surface area contributed by atoms with Crippen molar-refractivity contribution < 1.29 is 4.79 Å². The fourth-order valence-electron chi connectivity index (χ4n) is 3.33. The molecule has 5 nitrogen and oxygen atoms in total. The van der Waals surface area contributed by atoms with E-state index in [0.29, 0.717) is 13.1 Å². The molecule has 1 aliphatic rings. The Morgan fingerprint density at radius 1 is 1.15 bits per heavy atom. The molecule has 0 atom stereocenters. The van der Waals surface area contributed by atoms with Crippen molar-refractivity contribution in [1.29, 1.82) is 0 Å². The van der Waals surface area contributed by atoms with Gasteiger partial charge in [0.25, 0.3) is 0 Å². The highest BCUT2D eigenvalue weighted by molar-refractivity contribution is 14.0. The summed E-state index contributed by atoms with van der Waals surface area (Å²) in [6, 6.07) is 8.59. The number of hydrogen-bond donors (Lipinski definition) is 2. The molecule has 1 amide bonds. The number of benzene rings is 1. The standard InChI is InChI=1S/C20H32N4OS.HI/c1-21-20(24(2)15-16-9-11-18(26-3)12-10-16)23-14-13-22-19(25)17-7-5-4-6-8-17;/h9-12,17H,4-8,13-15H2,1-3H3,(H,21,23)(H,22,25);1H. The lowest BCUT2D eigenvalue weighted by atomic mass is 9.89. The van der Waals surface area contributed by atoms with Gasteiger partial charge < -0.3 is 15.5 Å². The molecule has 0 saturated heterocycles. The summed E-state index contributed by atoms with van der Waals surface area (Å²) in [5.74, 6) is 1.27. The van der Waals surface area contributed by atoms with Crippen LogP contribution in [0.25, 0.3) is 0 Å². The monoisotopic (exact) mass is 504 g/mol. The van der Waals surface area contributed by atoms with E-state index >= 15 is 0 Å². The van der Waals surface area contributed by atoms with Crippen molar-refractivity contribution in [2.45, 2.75) is 43.5 Å². The fraction of sp³-hybridized carbons (Fsp3) is 0.600. The zero-order valence-electron chi connectivity index (χ0n) is 16.7. The molecule has 27 heavy (non-hydrogen) atoms. The van der Waals surface area contributed by atoms with Crippen LogP contribution in [-0.2, 0) is 11.3 Å². The van der Waals surface area contributed by atoms with E-state index in [-0.39, 0.29) is 35.8 Å². The maximum Gasteiger partial charge on any atom is 0.223 e. The van der Waals surface area contributed by atoms with E-state index < -0.39 is 0 Å². The van der Waals surface area contributed by atoms with Gasteiger partial charge >= 0.3 is 0 Å². The number of nitrogens with zero attached hydrogens (tertiary/aromatic N) is 2. The van der Waals surface area contributed by atoms with E-state index in [0.717, 1.165) is 25.3 Å². The van der Waals surface area contributed by atoms with Crippen molar-refractivity contribution in [3.05, 3.63) is 29.8 Å². The molecule has 1 aromatic rings. The summed E-state index contributed by atoms with van der Waals surface area (Å²) < 4.78 is 0. The average molecular weight is 504 g/mol. The van der Waals surface area contributed by atoms with Crippen molar-refractivity contribution in [1.82, 2.24) is 15.5 Å². The Balaban J connectivity index is 0.00000364. The molecule has 2 rings (SSSR count). The minimum Gasteiger partial charge on any atom is -0.354 e. The molecule has 0 aromatic heterocycles. The van der Waals surface area contributed by atoms with Gasteiger partial charge in [0.15, 0.2) is 5.96 Å². The normalized spacial score (nSPS) is 15.0. The Kier molecular flexibility index (Phi) is 11.8. The molecule has 0 aliphatic heterocycles. The number of carbonyl (C=O) groups excluding carboxylic acids is 1. The van der Waals surface area contributed by atoms with Crippen molar-refractivity contribution in [2.24, 2.45) is 10.9 Å². The lowest BCUT2D eigenvalue weighted by Crippen LogP contribution is -2.43. The van der Waals surface area contributed by atoms with Crippen molar-refractivity contribution in [3.8, 4) is 0 Å². The molecule has 0 heterocycles. The summed E-state index contributed by atoms with van der Waals surface area (Å²) in [5, 5.41) is 6.38. The van der Waals surface area contributed by atoms with Gasteiger partial charge in [-0.3, -0.25) is 9.79 Å². The van der Waals surface area contributed by atoms with Gasteiger partial charge in [0.05, 0.1) is 0 Å². The first-order chi connectivity index (χ1) is 12.6. The SMILES string of the molecule is CN=C(NCCNC(=O)C1CCCCC1)N(C)Cc1ccc(SC)cc1.I. The maximum absolute atomic E-state index is 12.2. The van der Waals surface area contributed by atoms with E-state index in [1.807, 2.05) is 7.05 Å². The molecule has 1 fully saturated rings. The summed E-state index contributed by atoms with van der Waals surface area (Å²) in [5.41, 5.74) is 1.25.